The lowest BCUT2D eigenvalue weighted by Crippen LogP contribution is -2.50. The van der Waals surface area contributed by atoms with Crippen LogP contribution in [0.4, 0.5) is 4.39 Å². The highest BCUT2D eigenvalue weighted by Gasteiger charge is 2.28. The first kappa shape index (κ1) is 16.2. The van der Waals surface area contributed by atoms with Crippen LogP contribution in [0.5, 0.6) is 0 Å². The van der Waals surface area contributed by atoms with E-state index >= 15 is 0 Å². The SMILES string of the molecule is CC(C)(C)N1CCC(NC(=O)c2cc(F)cnc2Cl)CC1. The van der Waals surface area contributed by atoms with Gasteiger partial charge in [0.25, 0.3) is 5.91 Å². The molecule has 1 saturated heterocycles. The van der Waals surface area contributed by atoms with Crippen LogP contribution in [0, 0.1) is 5.82 Å². The van der Waals surface area contributed by atoms with Crippen LogP contribution in [-0.2, 0) is 0 Å². The fourth-order valence-corrected chi connectivity index (χ4v) is 2.73. The normalized spacial score (nSPS) is 17.8. The van der Waals surface area contributed by atoms with Crippen LogP contribution in [-0.4, -0.2) is 40.5 Å². The summed E-state index contributed by atoms with van der Waals surface area (Å²) in [6, 6.07) is 1.21. The molecule has 0 atom stereocenters. The number of carbonyl (C=O) groups excluding carboxylic acids is 1. The van der Waals surface area contributed by atoms with Crippen molar-refractivity contribution < 1.29 is 9.18 Å². The zero-order valence-corrected chi connectivity index (χ0v) is 13.4. The highest BCUT2D eigenvalue weighted by molar-refractivity contribution is 6.32. The predicted molar refractivity (Wildman–Crippen MR) is 81.0 cm³/mol. The van der Waals surface area contributed by atoms with Crippen molar-refractivity contribution in [3.8, 4) is 0 Å². The van der Waals surface area contributed by atoms with E-state index in [-0.39, 0.29) is 28.2 Å². The van der Waals surface area contributed by atoms with Crippen LogP contribution < -0.4 is 5.32 Å². The van der Waals surface area contributed by atoms with E-state index in [4.69, 9.17) is 11.6 Å². The number of carbonyl (C=O) groups is 1. The number of rotatable bonds is 2. The standard InChI is InChI=1S/C15H21ClFN3O/c1-15(2,3)20-6-4-11(5-7-20)19-14(21)12-8-10(17)9-18-13(12)16/h8-9,11H,4-7H2,1-3H3,(H,19,21). The minimum Gasteiger partial charge on any atom is -0.349 e. The van der Waals surface area contributed by atoms with Gasteiger partial charge in [0.1, 0.15) is 11.0 Å². The van der Waals surface area contributed by atoms with Crippen LogP contribution in [0.25, 0.3) is 0 Å². The molecule has 0 radical (unpaired) electrons. The molecule has 2 heterocycles. The molecule has 0 spiro atoms. The van der Waals surface area contributed by atoms with E-state index in [0.29, 0.717) is 0 Å². The lowest BCUT2D eigenvalue weighted by atomic mass is 9.98. The van der Waals surface area contributed by atoms with E-state index in [1.165, 1.54) is 0 Å². The number of likely N-dealkylation sites (tertiary alicyclic amines) is 1. The van der Waals surface area contributed by atoms with E-state index in [0.717, 1.165) is 38.2 Å². The quantitative estimate of drug-likeness (QED) is 0.854. The van der Waals surface area contributed by atoms with Gasteiger partial charge in [-0.25, -0.2) is 9.37 Å². The lowest BCUT2D eigenvalue weighted by molar-refractivity contribution is 0.0812. The number of nitrogens with one attached hydrogen (secondary N) is 1. The van der Waals surface area contributed by atoms with Gasteiger partial charge < -0.3 is 5.32 Å². The summed E-state index contributed by atoms with van der Waals surface area (Å²) in [5, 5.41) is 2.95. The molecule has 1 amide bonds. The molecule has 21 heavy (non-hydrogen) atoms. The summed E-state index contributed by atoms with van der Waals surface area (Å²) in [5.41, 5.74) is 0.236. The summed E-state index contributed by atoms with van der Waals surface area (Å²) in [6.45, 7) is 8.42. The van der Waals surface area contributed by atoms with Crippen molar-refractivity contribution in [1.82, 2.24) is 15.2 Å². The second-order valence-electron chi connectivity index (χ2n) is 6.40. The van der Waals surface area contributed by atoms with E-state index in [1.807, 2.05) is 0 Å². The maximum absolute atomic E-state index is 13.2. The monoisotopic (exact) mass is 313 g/mol. The Balaban J connectivity index is 1.94. The Morgan fingerprint density at radius 3 is 2.62 bits per heavy atom. The highest BCUT2D eigenvalue weighted by Crippen LogP contribution is 2.21. The summed E-state index contributed by atoms with van der Waals surface area (Å²) in [6.07, 6.45) is 2.76. The second kappa shape index (κ2) is 6.28. The van der Waals surface area contributed by atoms with Gasteiger partial charge in [-0.05, 0) is 39.7 Å². The van der Waals surface area contributed by atoms with Gasteiger partial charge in [0.15, 0.2) is 0 Å². The third kappa shape index (κ3) is 4.14. The van der Waals surface area contributed by atoms with Crippen LogP contribution in [0.3, 0.4) is 0 Å². The van der Waals surface area contributed by atoms with Gasteiger partial charge >= 0.3 is 0 Å². The van der Waals surface area contributed by atoms with Gasteiger partial charge in [-0.2, -0.15) is 0 Å². The minimum absolute atomic E-state index is 0.0287. The van der Waals surface area contributed by atoms with E-state index in [9.17, 15) is 9.18 Å². The van der Waals surface area contributed by atoms with Crippen molar-refractivity contribution in [1.29, 1.82) is 0 Å². The van der Waals surface area contributed by atoms with Crippen molar-refractivity contribution in [3.05, 3.63) is 28.8 Å². The molecule has 2 rings (SSSR count). The van der Waals surface area contributed by atoms with Gasteiger partial charge in [0, 0.05) is 24.7 Å². The number of pyridine rings is 1. The molecular formula is C15H21ClFN3O. The smallest absolute Gasteiger partial charge is 0.254 e. The fraction of sp³-hybridized carbons (Fsp3) is 0.600. The molecule has 1 fully saturated rings. The molecule has 0 unspecified atom stereocenters. The van der Waals surface area contributed by atoms with E-state index in [2.05, 4.69) is 36.0 Å². The zero-order chi connectivity index (χ0) is 15.6. The fourth-order valence-electron chi connectivity index (χ4n) is 2.54. The van der Waals surface area contributed by atoms with Crippen LogP contribution in [0.2, 0.25) is 5.15 Å². The maximum atomic E-state index is 13.2. The Labute approximate surface area is 129 Å². The molecule has 1 N–H and O–H groups in total. The van der Waals surface area contributed by atoms with Gasteiger partial charge in [-0.1, -0.05) is 11.6 Å². The molecule has 0 saturated carbocycles. The van der Waals surface area contributed by atoms with Crippen molar-refractivity contribution in [2.24, 2.45) is 0 Å². The number of hydrogen-bond donors (Lipinski definition) is 1. The summed E-state index contributed by atoms with van der Waals surface area (Å²) in [4.78, 5) is 18.2. The molecule has 6 heteroatoms. The van der Waals surface area contributed by atoms with Gasteiger partial charge in [-0.15, -0.1) is 0 Å². The molecule has 1 aromatic rings. The van der Waals surface area contributed by atoms with Crippen molar-refractivity contribution in [3.63, 3.8) is 0 Å². The Morgan fingerprint density at radius 2 is 2.05 bits per heavy atom. The number of halogens is 2. The van der Waals surface area contributed by atoms with Crippen LogP contribution in [0.1, 0.15) is 44.0 Å². The van der Waals surface area contributed by atoms with Crippen LogP contribution >= 0.6 is 11.6 Å². The van der Waals surface area contributed by atoms with Crippen LogP contribution in [0.15, 0.2) is 12.3 Å². The number of aromatic nitrogens is 1. The molecular weight excluding hydrogens is 293 g/mol. The zero-order valence-electron chi connectivity index (χ0n) is 12.6. The van der Waals surface area contributed by atoms with Crippen molar-refractivity contribution in [2.45, 2.75) is 45.2 Å². The average molecular weight is 314 g/mol. The lowest BCUT2D eigenvalue weighted by Gasteiger charge is -2.41. The average Bonchev–Trinajstić information content (AvgIpc) is 2.41. The summed E-state index contributed by atoms with van der Waals surface area (Å²) >= 11 is 5.84. The first-order valence-electron chi connectivity index (χ1n) is 7.14. The Kier molecular flexibility index (Phi) is 4.84. The number of hydrogen-bond acceptors (Lipinski definition) is 3. The minimum atomic E-state index is -0.563. The summed E-state index contributed by atoms with van der Waals surface area (Å²) < 4.78 is 13.2. The Hall–Kier alpha value is -1.20. The predicted octanol–water partition coefficient (Wildman–Crippen LogP) is 2.87. The van der Waals surface area contributed by atoms with Gasteiger partial charge in [0.05, 0.1) is 11.8 Å². The molecule has 0 aliphatic carbocycles. The highest BCUT2D eigenvalue weighted by atomic mass is 35.5. The molecule has 0 bridgehead atoms. The number of amides is 1. The first-order chi connectivity index (χ1) is 9.77. The molecule has 116 valence electrons. The third-order valence-corrected chi connectivity index (χ3v) is 4.13. The van der Waals surface area contributed by atoms with Gasteiger partial charge in [0.2, 0.25) is 0 Å². The summed E-state index contributed by atoms with van der Waals surface area (Å²) in [7, 11) is 0. The Morgan fingerprint density at radius 1 is 1.43 bits per heavy atom. The first-order valence-corrected chi connectivity index (χ1v) is 7.52. The topological polar surface area (TPSA) is 45.2 Å². The Bertz CT molecular complexity index is 522. The third-order valence-electron chi connectivity index (χ3n) is 3.83. The molecule has 4 nitrogen and oxygen atoms in total. The van der Waals surface area contributed by atoms with Crippen molar-refractivity contribution >= 4 is 17.5 Å². The number of piperidine rings is 1. The molecule has 1 aliphatic heterocycles. The molecule has 1 aromatic heterocycles. The van der Waals surface area contributed by atoms with Crippen molar-refractivity contribution in [2.75, 3.05) is 13.1 Å². The molecule has 0 aromatic carbocycles. The van der Waals surface area contributed by atoms with Gasteiger partial charge in [-0.3, -0.25) is 9.69 Å². The largest absolute Gasteiger partial charge is 0.349 e. The summed E-state index contributed by atoms with van der Waals surface area (Å²) in [5.74, 6) is -0.923. The molecule has 1 aliphatic rings. The maximum Gasteiger partial charge on any atom is 0.254 e. The van der Waals surface area contributed by atoms with E-state index in [1.54, 1.807) is 0 Å². The second-order valence-corrected chi connectivity index (χ2v) is 6.76. The number of nitrogens with zero attached hydrogens (tertiary/aromatic N) is 2. The van der Waals surface area contributed by atoms with E-state index < -0.39 is 5.82 Å².